The van der Waals surface area contributed by atoms with E-state index in [4.69, 9.17) is 39.5 Å². The van der Waals surface area contributed by atoms with Crippen molar-refractivity contribution in [2.45, 2.75) is 17.6 Å². The Bertz CT molecular complexity index is 1320. The highest BCUT2D eigenvalue weighted by molar-refractivity contribution is 7.98. The standard InChI is InChI=1S/C25H25Cl3N2O4S2/c1-17-3-8-21(9-4-17)36(32,33)30(23-14-20(27)7-10-24(23)34-2)15-25(31)29-11-12-35-16-18-5-6-19(26)13-22(18)28/h3-10,13-14H,11-12,15-16H2,1-2H3,(H,29,31). The number of amides is 1. The van der Waals surface area contributed by atoms with E-state index in [1.165, 1.54) is 25.3 Å². The monoisotopic (exact) mass is 586 g/mol. The number of hydrogen-bond acceptors (Lipinski definition) is 5. The molecule has 192 valence electrons. The number of ether oxygens (including phenoxy) is 1. The summed E-state index contributed by atoms with van der Waals surface area (Å²) in [6.07, 6.45) is 0. The minimum atomic E-state index is -4.09. The van der Waals surface area contributed by atoms with Gasteiger partial charge in [-0.25, -0.2) is 8.42 Å². The summed E-state index contributed by atoms with van der Waals surface area (Å²) in [7, 11) is -2.67. The minimum Gasteiger partial charge on any atom is -0.495 e. The molecule has 3 aromatic rings. The summed E-state index contributed by atoms with van der Waals surface area (Å²) in [6, 6.07) is 16.3. The fraction of sp³-hybridized carbons (Fsp3) is 0.240. The quantitative estimate of drug-likeness (QED) is 0.270. The minimum absolute atomic E-state index is 0.0540. The van der Waals surface area contributed by atoms with Gasteiger partial charge in [0.25, 0.3) is 10.0 Å². The number of aryl methyl sites for hydroxylation is 1. The van der Waals surface area contributed by atoms with Crippen molar-refractivity contribution in [2.24, 2.45) is 0 Å². The van der Waals surface area contributed by atoms with Gasteiger partial charge in [-0.2, -0.15) is 11.8 Å². The van der Waals surface area contributed by atoms with Gasteiger partial charge in [0, 0.05) is 33.1 Å². The Morgan fingerprint density at radius 1 is 1.00 bits per heavy atom. The molecule has 0 saturated carbocycles. The number of hydrogen-bond donors (Lipinski definition) is 1. The molecule has 0 aromatic heterocycles. The summed E-state index contributed by atoms with van der Waals surface area (Å²) in [5.41, 5.74) is 2.03. The molecule has 1 N–H and O–H groups in total. The molecular formula is C25H25Cl3N2O4S2. The molecule has 0 atom stereocenters. The van der Waals surface area contributed by atoms with Crippen molar-refractivity contribution < 1.29 is 17.9 Å². The number of methoxy groups -OCH3 is 1. The van der Waals surface area contributed by atoms with Crippen LogP contribution in [0.25, 0.3) is 0 Å². The maximum atomic E-state index is 13.6. The lowest BCUT2D eigenvalue weighted by molar-refractivity contribution is -0.119. The predicted molar refractivity (Wildman–Crippen MR) is 149 cm³/mol. The van der Waals surface area contributed by atoms with Gasteiger partial charge in [-0.1, -0.05) is 58.6 Å². The largest absolute Gasteiger partial charge is 0.495 e. The van der Waals surface area contributed by atoms with Crippen LogP contribution in [0.1, 0.15) is 11.1 Å². The molecule has 36 heavy (non-hydrogen) atoms. The second-order valence-corrected chi connectivity index (χ2v) is 12.0. The molecule has 6 nitrogen and oxygen atoms in total. The van der Waals surface area contributed by atoms with Crippen LogP contribution in [0, 0.1) is 6.92 Å². The molecule has 0 spiro atoms. The van der Waals surface area contributed by atoms with E-state index in [9.17, 15) is 13.2 Å². The zero-order valence-electron chi connectivity index (χ0n) is 19.6. The molecular weight excluding hydrogens is 563 g/mol. The van der Waals surface area contributed by atoms with Crippen LogP contribution in [0.4, 0.5) is 5.69 Å². The maximum absolute atomic E-state index is 13.6. The van der Waals surface area contributed by atoms with Crippen LogP contribution in [-0.4, -0.2) is 40.3 Å². The van der Waals surface area contributed by atoms with Crippen molar-refractivity contribution in [3.05, 3.63) is 86.9 Å². The lowest BCUT2D eigenvalue weighted by atomic mass is 10.2. The second kappa shape index (κ2) is 12.9. The Morgan fingerprint density at radius 2 is 1.67 bits per heavy atom. The third-order valence-corrected chi connectivity index (χ3v) is 8.75. The van der Waals surface area contributed by atoms with E-state index < -0.39 is 22.5 Å². The summed E-state index contributed by atoms with van der Waals surface area (Å²) in [6.45, 7) is 1.76. The summed E-state index contributed by atoms with van der Waals surface area (Å²) in [5, 5.41) is 4.26. The smallest absolute Gasteiger partial charge is 0.264 e. The lowest BCUT2D eigenvalue weighted by Gasteiger charge is -2.26. The zero-order valence-corrected chi connectivity index (χ0v) is 23.5. The van der Waals surface area contributed by atoms with Crippen LogP contribution in [0.15, 0.2) is 65.6 Å². The van der Waals surface area contributed by atoms with Crippen LogP contribution in [0.2, 0.25) is 15.1 Å². The van der Waals surface area contributed by atoms with Crippen molar-refractivity contribution in [3.8, 4) is 5.75 Å². The molecule has 0 saturated heterocycles. The lowest BCUT2D eigenvalue weighted by Crippen LogP contribution is -2.41. The van der Waals surface area contributed by atoms with Crippen LogP contribution in [-0.2, 0) is 20.6 Å². The van der Waals surface area contributed by atoms with Crippen molar-refractivity contribution in [1.29, 1.82) is 0 Å². The Kier molecular flexibility index (Phi) is 10.2. The van der Waals surface area contributed by atoms with Crippen molar-refractivity contribution in [1.82, 2.24) is 5.32 Å². The third kappa shape index (κ3) is 7.46. The average molecular weight is 588 g/mol. The van der Waals surface area contributed by atoms with Crippen LogP contribution in [0.5, 0.6) is 5.75 Å². The number of rotatable bonds is 11. The normalized spacial score (nSPS) is 11.2. The van der Waals surface area contributed by atoms with Gasteiger partial charge >= 0.3 is 0 Å². The van der Waals surface area contributed by atoms with Crippen molar-refractivity contribution in [2.75, 3.05) is 30.3 Å². The van der Waals surface area contributed by atoms with E-state index in [2.05, 4.69) is 5.32 Å². The number of benzene rings is 3. The maximum Gasteiger partial charge on any atom is 0.264 e. The van der Waals surface area contributed by atoms with Crippen molar-refractivity contribution >= 4 is 68.2 Å². The first-order valence-electron chi connectivity index (χ1n) is 10.8. The first-order chi connectivity index (χ1) is 17.1. The van der Waals surface area contributed by atoms with E-state index in [0.29, 0.717) is 33.1 Å². The number of carbonyl (C=O) groups is 1. The van der Waals surface area contributed by atoms with Gasteiger partial charge in [0.2, 0.25) is 5.91 Å². The Balaban J connectivity index is 1.72. The van der Waals surface area contributed by atoms with Gasteiger partial charge in [0.05, 0.1) is 17.7 Å². The fourth-order valence-electron chi connectivity index (χ4n) is 3.26. The fourth-order valence-corrected chi connectivity index (χ4v) is 6.27. The molecule has 11 heteroatoms. The number of thioether (sulfide) groups is 1. The highest BCUT2D eigenvalue weighted by Crippen LogP contribution is 2.34. The molecule has 0 aliphatic rings. The van der Waals surface area contributed by atoms with Crippen LogP contribution < -0.4 is 14.4 Å². The summed E-state index contributed by atoms with van der Waals surface area (Å²) >= 11 is 19.9. The SMILES string of the molecule is COc1ccc(Cl)cc1N(CC(=O)NCCSCc1ccc(Cl)cc1Cl)S(=O)(=O)c1ccc(C)cc1. The molecule has 3 rings (SSSR count). The third-order valence-electron chi connectivity index (χ3n) is 5.15. The Hall–Kier alpha value is -2.10. The molecule has 0 fully saturated rings. The number of carbonyl (C=O) groups excluding carboxylic acids is 1. The van der Waals surface area contributed by atoms with Gasteiger partial charge in [-0.3, -0.25) is 9.10 Å². The molecule has 0 radical (unpaired) electrons. The summed E-state index contributed by atoms with van der Waals surface area (Å²) in [4.78, 5) is 12.9. The van der Waals surface area contributed by atoms with E-state index >= 15 is 0 Å². The van der Waals surface area contributed by atoms with Gasteiger partial charge in [-0.05, 0) is 55.0 Å². The van der Waals surface area contributed by atoms with Gasteiger partial charge in [0.15, 0.2) is 0 Å². The zero-order chi connectivity index (χ0) is 26.3. The van der Waals surface area contributed by atoms with Crippen LogP contribution in [0.3, 0.4) is 0 Å². The molecule has 0 aliphatic heterocycles. The van der Waals surface area contributed by atoms with Crippen LogP contribution >= 0.6 is 46.6 Å². The molecule has 0 heterocycles. The molecule has 0 unspecified atom stereocenters. The first-order valence-corrected chi connectivity index (χ1v) is 14.6. The Labute approximate surface area is 230 Å². The van der Waals surface area contributed by atoms with Gasteiger partial charge in [0.1, 0.15) is 12.3 Å². The number of halogens is 3. The van der Waals surface area contributed by atoms with E-state index in [1.807, 2.05) is 13.0 Å². The summed E-state index contributed by atoms with van der Waals surface area (Å²) in [5.74, 6) is 1.08. The molecule has 1 amide bonds. The molecule has 0 bridgehead atoms. The van der Waals surface area contributed by atoms with E-state index in [0.717, 1.165) is 15.4 Å². The second-order valence-electron chi connectivity index (χ2n) is 7.78. The molecule has 3 aromatic carbocycles. The molecule has 0 aliphatic carbocycles. The highest BCUT2D eigenvalue weighted by atomic mass is 35.5. The first kappa shape index (κ1) is 28.5. The predicted octanol–water partition coefficient (Wildman–Crippen LogP) is 6.21. The summed E-state index contributed by atoms with van der Waals surface area (Å²) < 4.78 is 33.5. The number of nitrogens with zero attached hydrogens (tertiary/aromatic N) is 1. The number of sulfonamides is 1. The van der Waals surface area contributed by atoms with E-state index in [1.54, 1.807) is 48.2 Å². The topological polar surface area (TPSA) is 75.7 Å². The Morgan fingerprint density at radius 3 is 2.33 bits per heavy atom. The van der Waals surface area contributed by atoms with Crippen molar-refractivity contribution in [3.63, 3.8) is 0 Å². The number of anilines is 1. The van der Waals surface area contributed by atoms with E-state index in [-0.39, 0.29) is 16.3 Å². The highest BCUT2D eigenvalue weighted by Gasteiger charge is 2.29. The average Bonchev–Trinajstić information content (AvgIpc) is 2.83. The number of nitrogens with one attached hydrogen (secondary N) is 1. The van der Waals surface area contributed by atoms with Gasteiger partial charge < -0.3 is 10.1 Å². The van der Waals surface area contributed by atoms with Gasteiger partial charge in [-0.15, -0.1) is 0 Å².